The second-order valence-electron chi connectivity index (χ2n) is 9.91. The van der Waals surface area contributed by atoms with E-state index in [0.717, 1.165) is 33.9 Å². The number of methoxy groups -OCH3 is 1. The molecule has 0 bridgehead atoms. The van der Waals surface area contributed by atoms with Crippen molar-refractivity contribution in [3.8, 4) is 11.4 Å². The number of anilines is 1. The van der Waals surface area contributed by atoms with Crippen molar-refractivity contribution >= 4 is 40.5 Å². The molecule has 40 heavy (non-hydrogen) atoms. The Bertz CT molecular complexity index is 1550. The summed E-state index contributed by atoms with van der Waals surface area (Å²) in [5.41, 5.74) is 6.99. The van der Waals surface area contributed by atoms with Gasteiger partial charge in [0.25, 0.3) is 0 Å². The summed E-state index contributed by atoms with van der Waals surface area (Å²) in [4.78, 5) is 19.8. The van der Waals surface area contributed by atoms with Crippen molar-refractivity contribution in [2.75, 3.05) is 19.0 Å². The van der Waals surface area contributed by atoms with Crippen molar-refractivity contribution in [2.24, 2.45) is 0 Å². The molecule has 206 valence electrons. The molecule has 9 heteroatoms. The number of rotatable bonds is 8. The van der Waals surface area contributed by atoms with Crippen molar-refractivity contribution in [1.29, 1.82) is 0 Å². The van der Waals surface area contributed by atoms with Crippen LogP contribution in [0.1, 0.15) is 46.7 Å². The first-order valence-electron chi connectivity index (χ1n) is 13.1. The summed E-state index contributed by atoms with van der Waals surface area (Å²) < 4.78 is 7.62. The Balaban J connectivity index is 1.49. The van der Waals surface area contributed by atoms with Crippen molar-refractivity contribution in [3.05, 3.63) is 106 Å². The first-order chi connectivity index (χ1) is 19.3. The highest BCUT2D eigenvalue weighted by atomic mass is 35.5. The summed E-state index contributed by atoms with van der Waals surface area (Å²) >= 11 is 12.2. The van der Waals surface area contributed by atoms with Crippen LogP contribution in [0.15, 0.2) is 72.9 Å². The third kappa shape index (κ3) is 5.42. The number of hydrogen-bond donors (Lipinski definition) is 2. The molecule has 1 aliphatic rings. The molecule has 0 unspecified atom stereocenters. The van der Waals surface area contributed by atoms with Gasteiger partial charge in [-0.2, -0.15) is 0 Å². The number of benzene rings is 2. The van der Waals surface area contributed by atoms with Gasteiger partial charge in [-0.15, -0.1) is 0 Å². The molecule has 0 radical (unpaired) electrons. The molecule has 1 amide bonds. The average molecular weight is 574 g/mol. The number of nitrogens with zero attached hydrogens (tertiary/aromatic N) is 3. The fourth-order valence-electron chi connectivity index (χ4n) is 5.45. The minimum Gasteiger partial charge on any atom is -0.495 e. The summed E-state index contributed by atoms with van der Waals surface area (Å²) in [5.74, 6) is 0.499. The predicted molar refractivity (Wildman–Crippen MR) is 163 cm³/mol. The van der Waals surface area contributed by atoms with Crippen LogP contribution >= 0.6 is 23.8 Å². The molecule has 0 spiro atoms. The van der Waals surface area contributed by atoms with E-state index in [1.807, 2.05) is 60.7 Å². The van der Waals surface area contributed by atoms with Gasteiger partial charge in [-0.1, -0.05) is 35.9 Å². The Morgan fingerprint density at radius 1 is 1.10 bits per heavy atom. The fraction of sp³-hybridized carbons (Fsp3) is 0.258. The minimum atomic E-state index is -0.180. The third-order valence-electron chi connectivity index (χ3n) is 7.36. The van der Waals surface area contributed by atoms with E-state index in [4.69, 9.17) is 28.6 Å². The van der Waals surface area contributed by atoms with Crippen LogP contribution in [0, 0.1) is 20.8 Å². The number of halogens is 1. The molecular formula is C31H32ClN5O2S. The summed E-state index contributed by atoms with van der Waals surface area (Å²) in [5, 5.41) is 7.74. The molecular weight excluding hydrogens is 542 g/mol. The zero-order valence-corrected chi connectivity index (χ0v) is 24.5. The summed E-state index contributed by atoms with van der Waals surface area (Å²) in [6.07, 6.45) is 2.04. The molecule has 2 N–H and O–H groups in total. The number of ether oxygens (including phenoxy) is 1. The summed E-state index contributed by atoms with van der Waals surface area (Å²) in [7, 11) is 1.59. The number of thiocarbonyl (C=S) groups is 1. The maximum Gasteiger partial charge on any atom is 0.226 e. The molecule has 0 aliphatic carbocycles. The molecule has 1 fully saturated rings. The van der Waals surface area contributed by atoms with E-state index in [9.17, 15) is 4.79 Å². The molecule has 2 aromatic heterocycles. The Morgan fingerprint density at radius 3 is 2.62 bits per heavy atom. The lowest BCUT2D eigenvalue weighted by Gasteiger charge is -2.28. The maximum atomic E-state index is 13.0. The summed E-state index contributed by atoms with van der Waals surface area (Å²) in [6, 6.07) is 21.1. The smallest absolute Gasteiger partial charge is 0.226 e. The second kappa shape index (κ2) is 11.7. The number of aryl methyl sites for hydroxylation is 2. The van der Waals surface area contributed by atoms with Crippen LogP contribution in [0.5, 0.6) is 5.75 Å². The van der Waals surface area contributed by atoms with Gasteiger partial charge in [-0.25, -0.2) is 0 Å². The lowest BCUT2D eigenvalue weighted by atomic mass is 9.96. The van der Waals surface area contributed by atoms with Crippen molar-refractivity contribution < 1.29 is 9.53 Å². The van der Waals surface area contributed by atoms with Crippen LogP contribution in [0.4, 0.5) is 5.69 Å². The molecule has 1 saturated heterocycles. The van der Waals surface area contributed by atoms with E-state index >= 15 is 0 Å². The molecule has 7 nitrogen and oxygen atoms in total. The van der Waals surface area contributed by atoms with E-state index in [1.54, 1.807) is 13.3 Å². The highest BCUT2D eigenvalue weighted by Gasteiger charge is 2.41. The van der Waals surface area contributed by atoms with E-state index in [2.05, 4.69) is 51.9 Å². The first-order valence-corrected chi connectivity index (χ1v) is 13.9. The van der Waals surface area contributed by atoms with E-state index < -0.39 is 0 Å². The average Bonchev–Trinajstić information content (AvgIpc) is 3.43. The number of amides is 1. The lowest BCUT2D eigenvalue weighted by Crippen LogP contribution is -2.33. The van der Waals surface area contributed by atoms with Gasteiger partial charge in [0, 0.05) is 41.3 Å². The Hall–Kier alpha value is -3.88. The van der Waals surface area contributed by atoms with Crippen LogP contribution < -0.4 is 15.4 Å². The van der Waals surface area contributed by atoms with E-state index in [-0.39, 0.29) is 24.4 Å². The number of carbonyl (C=O) groups excluding carboxylic acids is 1. The number of carbonyl (C=O) groups is 1. The molecule has 1 aliphatic heterocycles. The SMILES string of the molecule is COc1ccccc1NC(=O)CCN1C(=S)N[C@@H](c2ccccn2)[C@H]1c1cc(C)n(-c2cc(Cl)ccc2C)c1C. The van der Waals surface area contributed by atoms with Gasteiger partial charge in [0.2, 0.25) is 5.91 Å². The van der Waals surface area contributed by atoms with Crippen LogP contribution in [0.2, 0.25) is 5.02 Å². The molecule has 3 heterocycles. The number of nitrogens with one attached hydrogen (secondary N) is 2. The number of pyridine rings is 1. The van der Waals surface area contributed by atoms with Crippen LogP contribution in [-0.4, -0.2) is 39.1 Å². The summed E-state index contributed by atoms with van der Waals surface area (Å²) in [6.45, 7) is 6.73. The lowest BCUT2D eigenvalue weighted by molar-refractivity contribution is -0.116. The van der Waals surface area contributed by atoms with Crippen molar-refractivity contribution in [1.82, 2.24) is 19.8 Å². The van der Waals surface area contributed by atoms with Gasteiger partial charge in [-0.3, -0.25) is 9.78 Å². The molecule has 2 aromatic carbocycles. The highest BCUT2D eigenvalue weighted by molar-refractivity contribution is 7.80. The molecule has 2 atom stereocenters. The van der Waals surface area contributed by atoms with Crippen LogP contribution in [-0.2, 0) is 4.79 Å². The molecule has 4 aromatic rings. The van der Waals surface area contributed by atoms with Gasteiger partial charge in [0.1, 0.15) is 5.75 Å². The Morgan fingerprint density at radius 2 is 1.88 bits per heavy atom. The Labute approximate surface area is 245 Å². The molecule has 0 saturated carbocycles. The third-order valence-corrected chi connectivity index (χ3v) is 7.95. The monoisotopic (exact) mass is 573 g/mol. The van der Waals surface area contributed by atoms with Gasteiger partial charge in [0.15, 0.2) is 5.11 Å². The highest BCUT2D eigenvalue weighted by Crippen LogP contribution is 2.42. The topological polar surface area (TPSA) is 71.4 Å². The van der Waals surface area contributed by atoms with Crippen molar-refractivity contribution in [2.45, 2.75) is 39.3 Å². The number of hydrogen-bond acceptors (Lipinski definition) is 4. The Kier molecular flexibility index (Phi) is 8.09. The number of aromatic nitrogens is 2. The minimum absolute atomic E-state index is 0.118. The van der Waals surface area contributed by atoms with Crippen molar-refractivity contribution in [3.63, 3.8) is 0 Å². The van der Waals surface area contributed by atoms with Gasteiger partial charge >= 0.3 is 0 Å². The van der Waals surface area contributed by atoms with Crippen LogP contribution in [0.25, 0.3) is 5.69 Å². The van der Waals surface area contributed by atoms with Crippen LogP contribution in [0.3, 0.4) is 0 Å². The largest absolute Gasteiger partial charge is 0.495 e. The zero-order valence-electron chi connectivity index (χ0n) is 22.9. The number of para-hydroxylation sites is 2. The predicted octanol–water partition coefficient (Wildman–Crippen LogP) is 6.46. The van der Waals surface area contributed by atoms with Gasteiger partial charge in [0.05, 0.1) is 30.6 Å². The normalized spacial score (nSPS) is 16.6. The maximum absolute atomic E-state index is 13.0. The quantitative estimate of drug-likeness (QED) is 0.236. The van der Waals surface area contributed by atoms with E-state index in [0.29, 0.717) is 28.1 Å². The van der Waals surface area contributed by atoms with Gasteiger partial charge in [-0.05, 0) is 86.6 Å². The fourth-order valence-corrected chi connectivity index (χ4v) is 5.95. The van der Waals surface area contributed by atoms with Gasteiger partial charge < -0.3 is 24.8 Å². The first kappa shape index (κ1) is 27.7. The molecule has 5 rings (SSSR count). The zero-order chi connectivity index (χ0) is 28.4. The second-order valence-corrected chi connectivity index (χ2v) is 10.7. The standard InChI is InChI=1S/C31H32ClN5O2S/c1-19-12-13-22(32)18-26(19)37-20(2)17-23(21(37)3)30-29(25-10-7-8-15-33-25)35-31(40)36(30)16-14-28(38)34-24-9-5-6-11-27(24)39-4/h5-13,15,17-18,29-30H,14,16H2,1-4H3,(H,34,38)(H,35,40)/t29-,30+/m0/s1. The van der Waals surface area contributed by atoms with E-state index in [1.165, 1.54) is 0 Å².